The van der Waals surface area contributed by atoms with Crippen LogP contribution in [0.2, 0.25) is 0 Å². The molecule has 0 amide bonds. The van der Waals surface area contributed by atoms with Gasteiger partial charge in [-0.05, 0) is 40.2 Å². The highest BCUT2D eigenvalue weighted by molar-refractivity contribution is 9.10. The molecule has 0 saturated carbocycles. The normalized spacial score (nSPS) is 11.2. The van der Waals surface area contributed by atoms with Gasteiger partial charge in [-0.2, -0.15) is 0 Å². The lowest BCUT2D eigenvalue weighted by molar-refractivity contribution is 0.600. The second kappa shape index (κ2) is 4.91. The van der Waals surface area contributed by atoms with E-state index in [0.717, 1.165) is 0 Å². The van der Waals surface area contributed by atoms with Crippen molar-refractivity contribution in [3.63, 3.8) is 0 Å². The van der Waals surface area contributed by atoms with Crippen LogP contribution in [0.3, 0.4) is 0 Å². The molecule has 0 aliphatic heterocycles. The fourth-order valence-electron chi connectivity index (χ4n) is 1.26. The van der Waals surface area contributed by atoms with Crippen LogP contribution in [0.4, 0.5) is 11.6 Å². The molecule has 3 N–H and O–H groups in total. The zero-order valence-electron chi connectivity index (χ0n) is 9.04. The molecule has 8 heteroatoms. The van der Waals surface area contributed by atoms with Gasteiger partial charge in [-0.1, -0.05) is 0 Å². The number of hydrogen-bond acceptors (Lipinski definition) is 5. The quantitative estimate of drug-likeness (QED) is 0.834. The Kier molecular flexibility index (Phi) is 3.48. The van der Waals surface area contributed by atoms with E-state index in [9.17, 15) is 8.42 Å². The van der Waals surface area contributed by atoms with E-state index in [0.29, 0.717) is 10.2 Å². The van der Waals surface area contributed by atoms with Crippen LogP contribution in [0.5, 0.6) is 0 Å². The minimum Gasteiger partial charge on any atom is -0.399 e. The van der Waals surface area contributed by atoms with Crippen molar-refractivity contribution in [1.82, 2.24) is 9.97 Å². The number of rotatable bonds is 3. The summed E-state index contributed by atoms with van der Waals surface area (Å²) in [5, 5.41) is 0. The standard InChI is InChI=1S/C10H9BrN4O2S/c11-8-6-7(12)2-3-9(8)18(16,17)15-10-13-4-1-5-14-10/h1-6H,12H2,(H,13,14,15). The number of nitrogen functional groups attached to an aromatic ring is 1. The highest BCUT2D eigenvalue weighted by Crippen LogP contribution is 2.25. The Labute approximate surface area is 112 Å². The number of nitrogens with zero attached hydrogens (tertiary/aromatic N) is 2. The van der Waals surface area contributed by atoms with Crippen LogP contribution in [0.15, 0.2) is 46.0 Å². The fourth-order valence-corrected chi connectivity index (χ4v) is 3.32. The number of nitrogens with one attached hydrogen (secondary N) is 1. The van der Waals surface area contributed by atoms with E-state index in [4.69, 9.17) is 5.73 Å². The van der Waals surface area contributed by atoms with Gasteiger partial charge in [-0.3, -0.25) is 0 Å². The lowest BCUT2D eigenvalue weighted by atomic mass is 10.3. The molecular formula is C10H9BrN4O2S. The molecule has 1 heterocycles. The van der Waals surface area contributed by atoms with Crippen molar-refractivity contribution in [2.75, 3.05) is 10.5 Å². The van der Waals surface area contributed by atoms with Crippen LogP contribution in [-0.4, -0.2) is 18.4 Å². The topological polar surface area (TPSA) is 98.0 Å². The highest BCUT2D eigenvalue weighted by Gasteiger charge is 2.18. The number of anilines is 2. The third-order valence-corrected chi connectivity index (χ3v) is 4.34. The number of sulfonamides is 1. The molecule has 18 heavy (non-hydrogen) atoms. The SMILES string of the molecule is Nc1ccc(S(=O)(=O)Nc2ncccn2)c(Br)c1. The average Bonchev–Trinajstić information content (AvgIpc) is 2.29. The molecule has 0 spiro atoms. The molecule has 6 nitrogen and oxygen atoms in total. The van der Waals surface area contributed by atoms with Crippen LogP contribution in [-0.2, 0) is 10.0 Å². The molecule has 2 rings (SSSR count). The van der Waals surface area contributed by atoms with Gasteiger partial charge in [0.25, 0.3) is 10.0 Å². The van der Waals surface area contributed by atoms with Crippen molar-refractivity contribution in [3.05, 3.63) is 41.1 Å². The summed E-state index contributed by atoms with van der Waals surface area (Å²) >= 11 is 3.16. The van der Waals surface area contributed by atoms with Crippen LogP contribution in [0.25, 0.3) is 0 Å². The summed E-state index contributed by atoms with van der Waals surface area (Å²) < 4.78 is 26.8. The fraction of sp³-hybridized carbons (Fsp3) is 0. The maximum Gasteiger partial charge on any atom is 0.265 e. The second-order valence-corrected chi connectivity index (χ2v) is 5.87. The summed E-state index contributed by atoms with van der Waals surface area (Å²) in [6.07, 6.45) is 2.89. The van der Waals surface area contributed by atoms with Crippen molar-refractivity contribution in [2.24, 2.45) is 0 Å². The van der Waals surface area contributed by atoms with Crippen molar-refractivity contribution in [2.45, 2.75) is 4.90 Å². The molecule has 0 saturated heterocycles. The van der Waals surface area contributed by atoms with Crippen molar-refractivity contribution < 1.29 is 8.42 Å². The molecule has 1 aromatic heterocycles. The first-order chi connectivity index (χ1) is 8.49. The molecule has 1 aromatic carbocycles. The zero-order valence-corrected chi connectivity index (χ0v) is 11.4. The maximum absolute atomic E-state index is 12.1. The minimum atomic E-state index is -3.74. The van der Waals surface area contributed by atoms with Crippen molar-refractivity contribution >= 4 is 37.6 Å². The van der Waals surface area contributed by atoms with Gasteiger partial charge in [0.1, 0.15) is 4.90 Å². The first kappa shape index (κ1) is 12.8. The average molecular weight is 329 g/mol. The Hall–Kier alpha value is -1.67. The first-order valence-electron chi connectivity index (χ1n) is 4.84. The van der Waals surface area contributed by atoms with Gasteiger partial charge in [-0.25, -0.2) is 23.1 Å². The van der Waals surface area contributed by atoms with E-state index in [2.05, 4.69) is 30.6 Å². The van der Waals surface area contributed by atoms with Crippen LogP contribution in [0.1, 0.15) is 0 Å². The zero-order chi connectivity index (χ0) is 13.2. The number of nitrogens with two attached hydrogens (primary N) is 1. The van der Waals surface area contributed by atoms with E-state index in [1.165, 1.54) is 30.6 Å². The van der Waals surface area contributed by atoms with Crippen molar-refractivity contribution in [3.8, 4) is 0 Å². The first-order valence-corrected chi connectivity index (χ1v) is 7.11. The van der Waals surface area contributed by atoms with Gasteiger partial charge in [0, 0.05) is 22.6 Å². The number of aromatic nitrogens is 2. The molecule has 0 bridgehead atoms. The van der Waals surface area contributed by atoms with E-state index in [1.807, 2.05) is 0 Å². The molecule has 2 aromatic rings. The molecule has 0 radical (unpaired) electrons. The molecule has 94 valence electrons. The van der Waals surface area contributed by atoms with Gasteiger partial charge in [0.15, 0.2) is 0 Å². The monoisotopic (exact) mass is 328 g/mol. The number of benzene rings is 1. The summed E-state index contributed by atoms with van der Waals surface area (Å²) in [5.41, 5.74) is 6.02. The van der Waals surface area contributed by atoms with Gasteiger partial charge in [-0.15, -0.1) is 0 Å². The Bertz CT molecular complexity index is 661. The van der Waals surface area contributed by atoms with E-state index < -0.39 is 10.0 Å². The van der Waals surface area contributed by atoms with Crippen LogP contribution < -0.4 is 10.5 Å². The summed E-state index contributed by atoms with van der Waals surface area (Å²) in [7, 11) is -3.74. The lowest BCUT2D eigenvalue weighted by Crippen LogP contribution is -2.15. The number of halogens is 1. The summed E-state index contributed by atoms with van der Waals surface area (Å²) in [6.45, 7) is 0. The molecule has 0 fully saturated rings. The Balaban J connectivity index is 2.37. The molecule has 0 aliphatic rings. The van der Waals surface area contributed by atoms with Gasteiger partial charge >= 0.3 is 0 Å². The van der Waals surface area contributed by atoms with E-state index in [-0.39, 0.29) is 10.8 Å². The Morgan fingerprint density at radius 3 is 2.50 bits per heavy atom. The molecule has 0 aliphatic carbocycles. The summed E-state index contributed by atoms with van der Waals surface area (Å²) in [4.78, 5) is 7.66. The molecule has 0 atom stereocenters. The van der Waals surface area contributed by atoms with Crippen molar-refractivity contribution in [1.29, 1.82) is 0 Å². The van der Waals surface area contributed by atoms with Gasteiger partial charge in [0.2, 0.25) is 5.95 Å². The van der Waals surface area contributed by atoms with Crippen LogP contribution in [0, 0.1) is 0 Å². The number of hydrogen-bond donors (Lipinski definition) is 2. The predicted octanol–water partition coefficient (Wildman–Crippen LogP) is 1.62. The van der Waals surface area contributed by atoms with Gasteiger partial charge < -0.3 is 5.73 Å². The summed E-state index contributed by atoms with van der Waals surface area (Å²) in [5.74, 6) is 0.0150. The smallest absolute Gasteiger partial charge is 0.265 e. The molecular weight excluding hydrogens is 320 g/mol. The maximum atomic E-state index is 12.1. The third kappa shape index (κ3) is 2.77. The molecule has 0 unspecified atom stereocenters. The minimum absolute atomic E-state index is 0.0150. The summed E-state index contributed by atoms with van der Waals surface area (Å²) in [6, 6.07) is 6.02. The van der Waals surface area contributed by atoms with Gasteiger partial charge in [0.05, 0.1) is 0 Å². The van der Waals surface area contributed by atoms with E-state index in [1.54, 1.807) is 6.07 Å². The highest BCUT2D eigenvalue weighted by atomic mass is 79.9. The Morgan fingerprint density at radius 1 is 1.22 bits per heavy atom. The van der Waals surface area contributed by atoms with Crippen LogP contribution >= 0.6 is 15.9 Å². The Morgan fingerprint density at radius 2 is 1.89 bits per heavy atom. The largest absolute Gasteiger partial charge is 0.399 e. The van der Waals surface area contributed by atoms with E-state index >= 15 is 0 Å². The lowest BCUT2D eigenvalue weighted by Gasteiger charge is -2.08. The second-order valence-electron chi connectivity index (χ2n) is 3.37. The predicted molar refractivity (Wildman–Crippen MR) is 71.4 cm³/mol. The third-order valence-electron chi connectivity index (χ3n) is 2.04.